The number of ether oxygens (including phenoxy) is 3. The summed E-state index contributed by atoms with van der Waals surface area (Å²) in [6, 6.07) is 3.60. The van der Waals surface area contributed by atoms with Crippen LogP contribution in [0.4, 0.5) is 5.13 Å². The number of anilines is 1. The summed E-state index contributed by atoms with van der Waals surface area (Å²) < 4.78 is 16.1. The second-order valence-electron chi connectivity index (χ2n) is 5.65. The van der Waals surface area contributed by atoms with Crippen molar-refractivity contribution in [3.63, 3.8) is 0 Å². The smallest absolute Gasteiger partial charge is 0.227 e. The average Bonchev–Trinajstić information content (AvgIpc) is 3.15. The third-order valence-electron chi connectivity index (χ3n) is 4.13. The number of hydrogen-bond acceptors (Lipinski definition) is 8. The first-order valence-electron chi connectivity index (χ1n) is 8.72. The Kier molecular flexibility index (Phi) is 9.98. The fraction of sp³-hybridized carbons (Fsp3) is 0.500. The number of methoxy groups -OCH3 is 3. The number of nitrogens with zero attached hydrogens (tertiary/aromatic N) is 3. The normalized spacial score (nSPS) is 10.4. The van der Waals surface area contributed by atoms with Crippen molar-refractivity contribution in [2.75, 3.05) is 46.3 Å². The first-order chi connectivity index (χ1) is 13.1. The summed E-state index contributed by atoms with van der Waals surface area (Å²) in [5, 5.41) is 12.1. The van der Waals surface area contributed by atoms with Gasteiger partial charge in [0.15, 0.2) is 11.5 Å². The van der Waals surface area contributed by atoms with E-state index in [-0.39, 0.29) is 18.3 Å². The lowest BCUT2D eigenvalue weighted by Gasteiger charge is -2.16. The summed E-state index contributed by atoms with van der Waals surface area (Å²) in [7, 11) is 4.67. The third-order valence-corrected chi connectivity index (χ3v) is 5.02. The number of amides is 1. The van der Waals surface area contributed by atoms with E-state index in [1.807, 2.05) is 0 Å². The predicted molar refractivity (Wildman–Crippen MR) is 113 cm³/mol. The van der Waals surface area contributed by atoms with Gasteiger partial charge >= 0.3 is 0 Å². The lowest BCUT2D eigenvalue weighted by atomic mass is 10.2. The van der Waals surface area contributed by atoms with Gasteiger partial charge in [-0.25, -0.2) is 0 Å². The second-order valence-corrected chi connectivity index (χ2v) is 6.63. The van der Waals surface area contributed by atoms with Crippen LogP contribution in [0.3, 0.4) is 0 Å². The average molecular weight is 431 g/mol. The molecular formula is C18H27ClN4O4S. The Balaban J connectivity index is 0.00000392. The molecule has 2 aromatic rings. The summed E-state index contributed by atoms with van der Waals surface area (Å²) in [6.45, 7) is 6.73. The van der Waals surface area contributed by atoms with Crippen LogP contribution < -0.4 is 19.5 Å². The van der Waals surface area contributed by atoms with Crippen LogP contribution in [0.15, 0.2) is 12.1 Å². The molecule has 0 aliphatic rings. The molecule has 8 nitrogen and oxygen atoms in total. The summed E-state index contributed by atoms with van der Waals surface area (Å²) in [6.07, 6.45) is 0.417. The molecule has 28 heavy (non-hydrogen) atoms. The van der Waals surface area contributed by atoms with Crippen molar-refractivity contribution in [2.24, 2.45) is 0 Å². The van der Waals surface area contributed by atoms with Gasteiger partial charge in [0.05, 0.1) is 21.3 Å². The van der Waals surface area contributed by atoms with Gasteiger partial charge in [-0.05, 0) is 25.2 Å². The number of carbonyl (C=O) groups excluding carboxylic acids is 1. The quantitative estimate of drug-likeness (QED) is 0.618. The van der Waals surface area contributed by atoms with E-state index in [4.69, 9.17) is 14.2 Å². The minimum absolute atomic E-state index is 0. The highest BCUT2D eigenvalue weighted by atomic mass is 35.5. The SMILES string of the molecule is CCN(CC)CCC(=O)Nc1nnc(-c2cc(OC)c(OC)c(OC)c2)s1.Cl. The standard InChI is InChI=1S/C18H26N4O4S.ClH/c1-6-22(7-2)9-8-15(23)19-18-21-20-17(27-18)12-10-13(24-3)16(26-5)14(11-12)25-4;/h10-11H,6-9H2,1-5H3,(H,19,21,23);1H. The monoisotopic (exact) mass is 430 g/mol. The number of rotatable bonds is 10. The lowest BCUT2D eigenvalue weighted by Crippen LogP contribution is -2.27. The number of aromatic nitrogens is 2. The van der Waals surface area contributed by atoms with E-state index >= 15 is 0 Å². The minimum Gasteiger partial charge on any atom is -0.493 e. The van der Waals surface area contributed by atoms with Crippen LogP contribution in [0.1, 0.15) is 20.3 Å². The first kappa shape index (κ1) is 23.9. The lowest BCUT2D eigenvalue weighted by molar-refractivity contribution is -0.116. The maximum atomic E-state index is 12.1. The molecule has 0 unspecified atom stereocenters. The van der Waals surface area contributed by atoms with Crippen LogP contribution in [-0.2, 0) is 4.79 Å². The molecule has 0 atom stereocenters. The number of nitrogens with one attached hydrogen (secondary N) is 1. The predicted octanol–water partition coefficient (Wildman–Crippen LogP) is 3.32. The Morgan fingerprint density at radius 2 is 1.68 bits per heavy atom. The molecule has 0 aliphatic heterocycles. The molecule has 0 bridgehead atoms. The highest BCUT2D eigenvalue weighted by Gasteiger charge is 2.17. The van der Waals surface area contributed by atoms with E-state index in [0.717, 1.165) is 25.2 Å². The Morgan fingerprint density at radius 1 is 1.07 bits per heavy atom. The van der Waals surface area contributed by atoms with Crippen LogP contribution in [-0.4, -0.2) is 62.0 Å². The largest absolute Gasteiger partial charge is 0.493 e. The van der Waals surface area contributed by atoms with Gasteiger partial charge in [-0.2, -0.15) is 0 Å². The van der Waals surface area contributed by atoms with Gasteiger partial charge in [0.25, 0.3) is 0 Å². The Morgan fingerprint density at radius 3 is 2.18 bits per heavy atom. The van der Waals surface area contributed by atoms with Gasteiger partial charge in [-0.3, -0.25) is 4.79 Å². The highest BCUT2D eigenvalue weighted by molar-refractivity contribution is 7.18. The molecule has 156 valence electrons. The van der Waals surface area contributed by atoms with Gasteiger partial charge in [-0.1, -0.05) is 25.2 Å². The number of hydrogen-bond donors (Lipinski definition) is 1. The molecule has 1 heterocycles. The van der Waals surface area contributed by atoms with Crippen molar-refractivity contribution in [3.05, 3.63) is 12.1 Å². The van der Waals surface area contributed by atoms with Crippen LogP contribution in [0.2, 0.25) is 0 Å². The van der Waals surface area contributed by atoms with Gasteiger partial charge in [0, 0.05) is 18.5 Å². The number of halogens is 1. The fourth-order valence-corrected chi connectivity index (χ4v) is 3.32. The first-order valence-corrected chi connectivity index (χ1v) is 9.53. The molecule has 0 saturated carbocycles. The third kappa shape index (κ3) is 5.95. The van der Waals surface area contributed by atoms with Crippen molar-refractivity contribution >= 4 is 34.8 Å². The van der Waals surface area contributed by atoms with E-state index in [2.05, 4.69) is 34.3 Å². The van der Waals surface area contributed by atoms with E-state index < -0.39 is 0 Å². The molecule has 0 saturated heterocycles. The molecular weight excluding hydrogens is 404 g/mol. The van der Waals surface area contributed by atoms with Gasteiger partial charge in [0.2, 0.25) is 16.8 Å². The van der Waals surface area contributed by atoms with Crippen molar-refractivity contribution in [3.8, 4) is 27.8 Å². The summed E-state index contributed by atoms with van der Waals surface area (Å²) in [4.78, 5) is 14.3. The molecule has 1 aromatic carbocycles. The molecule has 1 N–H and O–H groups in total. The number of carbonyl (C=O) groups is 1. The molecule has 10 heteroatoms. The second kappa shape index (κ2) is 11.7. The molecule has 1 aromatic heterocycles. The maximum Gasteiger partial charge on any atom is 0.227 e. The molecule has 2 rings (SSSR count). The van der Waals surface area contributed by atoms with Gasteiger partial charge < -0.3 is 24.4 Å². The Labute approximate surface area is 175 Å². The molecule has 0 spiro atoms. The van der Waals surface area contributed by atoms with E-state index in [1.54, 1.807) is 33.5 Å². The van der Waals surface area contributed by atoms with Crippen LogP contribution in [0.5, 0.6) is 17.2 Å². The van der Waals surface area contributed by atoms with Crippen LogP contribution in [0.25, 0.3) is 10.6 Å². The van der Waals surface area contributed by atoms with Crippen molar-refractivity contribution < 1.29 is 19.0 Å². The molecule has 1 amide bonds. The summed E-state index contributed by atoms with van der Waals surface area (Å²) in [5.74, 6) is 1.51. The molecule has 0 aliphatic carbocycles. The zero-order chi connectivity index (χ0) is 19.8. The van der Waals surface area contributed by atoms with Crippen LogP contribution in [0, 0.1) is 0 Å². The fourth-order valence-electron chi connectivity index (χ4n) is 2.58. The topological polar surface area (TPSA) is 85.8 Å². The Bertz CT molecular complexity index is 743. The van der Waals surface area contributed by atoms with Crippen molar-refractivity contribution in [1.82, 2.24) is 15.1 Å². The summed E-state index contributed by atoms with van der Waals surface area (Å²) in [5.41, 5.74) is 0.769. The zero-order valence-electron chi connectivity index (χ0n) is 16.8. The van der Waals surface area contributed by atoms with Crippen molar-refractivity contribution in [2.45, 2.75) is 20.3 Å². The maximum absolute atomic E-state index is 12.1. The van der Waals surface area contributed by atoms with Crippen molar-refractivity contribution in [1.29, 1.82) is 0 Å². The van der Waals surface area contributed by atoms with E-state index in [1.165, 1.54) is 11.3 Å². The number of benzene rings is 1. The zero-order valence-corrected chi connectivity index (χ0v) is 18.4. The van der Waals surface area contributed by atoms with Gasteiger partial charge in [-0.15, -0.1) is 22.6 Å². The minimum atomic E-state index is -0.0745. The van der Waals surface area contributed by atoms with E-state index in [0.29, 0.717) is 33.8 Å². The molecule has 0 fully saturated rings. The van der Waals surface area contributed by atoms with E-state index in [9.17, 15) is 4.79 Å². The highest BCUT2D eigenvalue weighted by Crippen LogP contribution is 2.42. The van der Waals surface area contributed by atoms with Gasteiger partial charge in [0.1, 0.15) is 5.01 Å². The Hall–Kier alpha value is -2.10. The molecule has 0 radical (unpaired) electrons. The summed E-state index contributed by atoms with van der Waals surface area (Å²) >= 11 is 1.29. The van der Waals surface area contributed by atoms with Crippen LogP contribution >= 0.6 is 23.7 Å².